The molecule has 3 rings (SSSR count). The molecule has 0 heterocycles. The number of nitrogens with one attached hydrogen (secondary N) is 1. The van der Waals surface area contributed by atoms with Crippen molar-refractivity contribution in [3.63, 3.8) is 0 Å². The third kappa shape index (κ3) is 4.40. The van der Waals surface area contributed by atoms with E-state index in [4.69, 9.17) is 4.74 Å². The fraction of sp³-hybridized carbons (Fsp3) is 0.150. The van der Waals surface area contributed by atoms with Crippen molar-refractivity contribution in [3.05, 3.63) is 72.3 Å². The first-order valence-electron chi connectivity index (χ1n) is 8.13. The van der Waals surface area contributed by atoms with Crippen molar-refractivity contribution in [1.29, 1.82) is 0 Å². The quantitative estimate of drug-likeness (QED) is 0.678. The van der Waals surface area contributed by atoms with E-state index in [2.05, 4.69) is 5.32 Å². The number of hydrogen-bond acceptors (Lipinski definition) is 4. The summed E-state index contributed by atoms with van der Waals surface area (Å²) in [5.41, 5.74) is 0.406. The predicted octanol–water partition coefficient (Wildman–Crippen LogP) is 3.05. The van der Waals surface area contributed by atoms with E-state index in [1.165, 1.54) is 24.3 Å². The summed E-state index contributed by atoms with van der Waals surface area (Å²) in [5.74, 6) is 0.475. The van der Waals surface area contributed by atoms with Gasteiger partial charge in [-0.1, -0.05) is 30.3 Å². The molecular weight excluding hydrogens is 350 g/mol. The number of fused-ring (bicyclic) bond motifs is 1. The van der Waals surface area contributed by atoms with Gasteiger partial charge in [-0.2, -0.15) is 0 Å². The third-order valence-electron chi connectivity index (χ3n) is 3.92. The molecule has 0 aliphatic heterocycles. The zero-order chi connectivity index (χ0) is 18.6. The number of benzene rings is 3. The lowest BCUT2D eigenvalue weighted by molar-refractivity contribution is 0.0947. The molecule has 1 N–H and O–H groups in total. The fourth-order valence-corrected chi connectivity index (χ4v) is 3.18. The van der Waals surface area contributed by atoms with Gasteiger partial charge in [0.2, 0.25) is 0 Å². The van der Waals surface area contributed by atoms with Crippen molar-refractivity contribution in [1.82, 2.24) is 5.32 Å². The summed E-state index contributed by atoms with van der Waals surface area (Å²) in [5, 5.41) is 4.99. The summed E-state index contributed by atoms with van der Waals surface area (Å²) in [4.78, 5) is 12.3. The van der Waals surface area contributed by atoms with Crippen molar-refractivity contribution in [3.8, 4) is 5.75 Å². The normalized spacial score (nSPS) is 11.3. The number of sulfone groups is 1. The van der Waals surface area contributed by atoms with E-state index >= 15 is 0 Å². The smallest absolute Gasteiger partial charge is 0.251 e. The van der Waals surface area contributed by atoms with E-state index in [-0.39, 0.29) is 10.8 Å². The van der Waals surface area contributed by atoms with Gasteiger partial charge >= 0.3 is 0 Å². The van der Waals surface area contributed by atoms with E-state index in [0.717, 1.165) is 22.8 Å². The molecule has 1 amide bonds. The van der Waals surface area contributed by atoms with Crippen LogP contribution in [0.2, 0.25) is 0 Å². The van der Waals surface area contributed by atoms with Crippen molar-refractivity contribution >= 4 is 26.5 Å². The van der Waals surface area contributed by atoms with Crippen LogP contribution in [0, 0.1) is 0 Å². The summed E-state index contributed by atoms with van der Waals surface area (Å²) in [7, 11) is -3.26. The van der Waals surface area contributed by atoms with Crippen LogP contribution in [0.3, 0.4) is 0 Å². The van der Waals surface area contributed by atoms with E-state index in [1.807, 2.05) is 42.5 Å². The molecule has 26 heavy (non-hydrogen) atoms. The topological polar surface area (TPSA) is 72.5 Å². The number of hydrogen-bond donors (Lipinski definition) is 1. The molecule has 0 atom stereocenters. The Labute approximate surface area is 152 Å². The van der Waals surface area contributed by atoms with Gasteiger partial charge in [0.25, 0.3) is 5.91 Å². The number of rotatable bonds is 6. The van der Waals surface area contributed by atoms with Crippen LogP contribution in [0.25, 0.3) is 10.8 Å². The van der Waals surface area contributed by atoms with Gasteiger partial charge in [-0.05, 0) is 47.2 Å². The minimum atomic E-state index is -3.26. The predicted molar refractivity (Wildman–Crippen MR) is 101 cm³/mol. The van der Waals surface area contributed by atoms with Crippen LogP contribution in [0.15, 0.2) is 71.6 Å². The molecule has 0 radical (unpaired) electrons. The van der Waals surface area contributed by atoms with E-state index in [0.29, 0.717) is 18.7 Å². The van der Waals surface area contributed by atoms with Crippen molar-refractivity contribution in [2.24, 2.45) is 0 Å². The fourth-order valence-electron chi connectivity index (χ4n) is 2.55. The molecular formula is C20H19NO4S. The maximum absolute atomic E-state index is 12.1. The standard InChI is InChI=1S/C20H19NO4S/c1-26(23,24)19-10-7-16(8-11-19)20(22)21-12-13-25-18-9-6-15-4-2-3-5-17(15)14-18/h2-11,14H,12-13H2,1H3,(H,21,22). The SMILES string of the molecule is CS(=O)(=O)c1ccc(C(=O)NCCOc2ccc3ccccc3c2)cc1. The van der Waals surface area contributed by atoms with Gasteiger partial charge in [-0.25, -0.2) is 8.42 Å². The highest BCUT2D eigenvalue weighted by molar-refractivity contribution is 7.90. The molecule has 5 nitrogen and oxygen atoms in total. The second kappa shape index (κ2) is 7.58. The average molecular weight is 369 g/mol. The first kappa shape index (κ1) is 17.9. The highest BCUT2D eigenvalue weighted by Crippen LogP contribution is 2.20. The Hall–Kier alpha value is -2.86. The summed E-state index contributed by atoms with van der Waals surface area (Å²) >= 11 is 0. The third-order valence-corrected chi connectivity index (χ3v) is 5.05. The second-order valence-corrected chi connectivity index (χ2v) is 7.93. The van der Waals surface area contributed by atoms with Gasteiger partial charge in [0.05, 0.1) is 11.4 Å². The zero-order valence-corrected chi connectivity index (χ0v) is 15.1. The van der Waals surface area contributed by atoms with Gasteiger partial charge < -0.3 is 10.1 Å². The summed E-state index contributed by atoms with van der Waals surface area (Å²) < 4.78 is 28.5. The van der Waals surface area contributed by atoms with Crippen LogP contribution in [0.4, 0.5) is 0 Å². The molecule has 0 aromatic heterocycles. The summed E-state index contributed by atoms with van der Waals surface area (Å²) in [6, 6.07) is 19.7. The zero-order valence-electron chi connectivity index (χ0n) is 14.3. The Morgan fingerprint density at radius 1 is 0.962 bits per heavy atom. The van der Waals surface area contributed by atoms with Crippen LogP contribution in [-0.4, -0.2) is 33.7 Å². The molecule has 134 valence electrons. The number of ether oxygens (including phenoxy) is 1. The average Bonchev–Trinajstić information content (AvgIpc) is 2.64. The molecule has 6 heteroatoms. The molecule has 0 saturated heterocycles. The van der Waals surface area contributed by atoms with E-state index in [9.17, 15) is 13.2 Å². The largest absolute Gasteiger partial charge is 0.492 e. The van der Waals surface area contributed by atoms with Crippen LogP contribution >= 0.6 is 0 Å². The molecule has 0 spiro atoms. The highest BCUT2D eigenvalue weighted by atomic mass is 32.2. The van der Waals surface area contributed by atoms with E-state index < -0.39 is 9.84 Å². The summed E-state index contributed by atoms with van der Waals surface area (Å²) in [6.07, 6.45) is 1.13. The van der Waals surface area contributed by atoms with Crippen molar-refractivity contribution < 1.29 is 17.9 Å². The van der Waals surface area contributed by atoms with E-state index in [1.54, 1.807) is 0 Å². The van der Waals surface area contributed by atoms with Gasteiger partial charge in [0.1, 0.15) is 12.4 Å². The van der Waals surface area contributed by atoms with Gasteiger partial charge in [-0.3, -0.25) is 4.79 Å². The summed E-state index contributed by atoms with van der Waals surface area (Å²) in [6.45, 7) is 0.686. The Morgan fingerprint density at radius 2 is 1.65 bits per heavy atom. The lowest BCUT2D eigenvalue weighted by Gasteiger charge is -2.09. The first-order chi connectivity index (χ1) is 12.4. The minimum Gasteiger partial charge on any atom is -0.492 e. The number of amides is 1. The highest BCUT2D eigenvalue weighted by Gasteiger charge is 2.09. The lowest BCUT2D eigenvalue weighted by Crippen LogP contribution is -2.28. The van der Waals surface area contributed by atoms with Crippen molar-refractivity contribution in [2.75, 3.05) is 19.4 Å². The molecule has 0 aliphatic carbocycles. The van der Waals surface area contributed by atoms with Crippen LogP contribution in [0.5, 0.6) is 5.75 Å². The Balaban J connectivity index is 1.51. The second-order valence-electron chi connectivity index (χ2n) is 5.91. The first-order valence-corrected chi connectivity index (χ1v) is 10.0. The molecule has 0 saturated carbocycles. The van der Waals surface area contributed by atoms with Gasteiger partial charge in [-0.15, -0.1) is 0 Å². The molecule has 3 aromatic rings. The van der Waals surface area contributed by atoms with Crippen molar-refractivity contribution in [2.45, 2.75) is 4.90 Å². The molecule has 0 bridgehead atoms. The Kier molecular flexibility index (Phi) is 5.23. The maximum Gasteiger partial charge on any atom is 0.251 e. The Bertz CT molecular complexity index is 1030. The lowest BCUT2D eigenvalue weighted by atomic mass is 10.1. The monoisotopic (exact) mass is 369 g/mol. The number of carbonyl (C=O) groups is 1. The van der Waals surface area contributed by atoms with Crippen LogP contribution in [-0.2, 0) is 9.84 Å². The van der Waals surface area contributed by atoms with Gasteiger partial charge in [0, 0.05) is 11.8 Å². The maximum atomic E-state index is 12.1. The molecule has 0 fully saturated rings. The molecule has 0 aliphatic rings. The number of carbonyl (C=O) groups excluding carboxylic acids is 1. The van der Waals surface area contributed by atoms with Gasteiger partial charge in [0.15, 0.2) is 9.84 Å². The molecule has 0 unspecified atom stereocenters. The minimum absolute atomic E-state index is 0.189. The Morgan fingerprint density at radius 3 is 2.35 bits per heavy atom. The molecule has 3 aromatic carbocycles. The van der Waals surface area contributed by atoms with Crippen LogP contribution in [0.1, 0.15) is 10.4 Å². The van der Waals surface area contributed by atoms with Crippen LogP contribution < -0.4 is 10.1 Å².